The Hall–Kier alpha value is -2.39. The van der Waals surface area contributed by atoms with E-state index in [9.17, 15) is 9.59 Å². The number of nitrogens with one attached hydrogen (secondary N) is 2. The van der Waals surface area contributed by atoms with E-state index in [2.05, 4.69) is 10.6 Å². The van der Waals surface area contributed by atoms with Crippen molar-refractivity contribution in [1.29, 1.82) is 5.26 Å². The minimum absolute atomic E-state index is 0.243. The Bertz CT molecular complexity index is 639. The summed E-state index contributed by atoms with van der Waals surface area (Å²) >= 11 is 0. The van der Waals surface area contributed by atoms with Crippen LogP contribution in [0.3, 0.4) is 0 Å². The Labute approximate surface area is 122 Å². The lowest BCUT2D eigenvalue weighted by Crippen LogP contribution is -2.71. The molecule has 2 amide bonds. The average molecular weight is 284 g/mol. The summed E-state index contributed by atoms with van der Waals surface area (Å²) in [4.78, 5) is 26.0. The van der Waals surface area contributed by atoms with E-state index in [1.807, 2.05) is 36.5 Å². The fourth-order valence-corrected chi connectivity index (χ4v) is 2.94. The van der Waals surface area contributed by atoms with Gasteiger partial charge in [0.15, 0.2) is 6.19 Å². The van der Waals surface area contributed by atoms with Gasteiger partial charge in [-0.15, -0.1) is 0 Å². The zero-order chi connectivity index (χ0) is 15.1. The van der Waals surface area contributed by atoms with Gasteiger partial charge in [-0.3, -0.25) is 14.9 Å². The molecule has 3 rings (SSSR count). The summed E-state index contributed by atoms with van der Waals surface area (Å²) in [5.41, 5.74) is -1.01. The minimum Gasteiger partial charge on any atom is -0.339 e. The number of piperazine rings is 1. The van der Waals surface area contributed by atoms with E-state index in [0.717, 1.165) is 10.5 Å². The molecule has 2 heterocycles. The van der Waals surface area contributed by atoms with E-state index >= 15 is 0 Å². The number of nitrogens with zero attached hydrogens (tertiary/aromatic N) is 2. The molecule has 1 aromatic carbocycles. The van der Waals surface area contributed by atoms with E-state index in [-0.39, 0.29) is 11.8 Å². The molecule has 2 unspecified atom stereocenters. The van der Waals surface area contributed by atoms with Gasteiger partial charge in [-0.1, -0.05) is 30.3 Å². The quantitative estimate of drug-likeness (QED) is 0.715. The van der Waals surface area contributed by atoms with E-state index in [1.54, 1.807) is 6.92 Å². The highest BCUT2D eigenvalue weighted by atomic mass is 16.2. The van der Waals surface area contributed by atoms with Crippen molar-refractivity contribution in [1.82, 2.24) is 15.5 Å². The molecule has 2 fully saturated rings. The third kappa shape index (κ3) is 1.89. The minimum atomic E-state index is -0.985. The maximum absolute atomic E-state index is 12.6. The van der Waals surface area contributed by atoms with Crippen molar-refractivity contribution < 1.29 is 9.59 Å². The molecule has 0 aliphatic carbocycles. The zero-order valence-electron chi connectivity index (χ0n) is 11.7. The molecular weight excluding hydrogens is 268 g/mol. The summed E-state index contributed by atoms with van der Waals surface area (Å²) in [6.07, 6.45) is 2.30. The second-order valence-corrected chi connectivity index (χ2v) is 5.69. The highest BCUT2D eigenvalue weighted by molar-refractivity contribution is 5.98. The van der Waals surface area contributed by atoms with Crippen LogP contribution in [0.2, 0.25) is 0 Å². The third-order valence-corrected chi connectivity index (χ3v) is 4.44. The van der Waals surface area contributed by atoms with Crippen molar-refractivity contribution in [3.63, 3.8) is 0 Å². The number of hydrogen-bond donors (Lipinski definition) is 2. The van der Waals surface area contributed by atoms with Gasteiger partial charge in [0, 0.05) is 13.1 Å². The van der Waals surface area contributed by atoms with Gasteiger partial charge in [0.2, 0.25) is 5.91 Å². The first kappa shape index (κ1) is 13.6. The highest BCUT2D eigenvalue weighted by Crippen LogP contribution is 2.31. The van der Waals surface area contributed by atoms with Gasteiger partial charge in [0.05, 0.1) is 0 Å². The van der Waals surface area contributed by atoms with Crippen molar-refractivity contribution >= 4 is 11.8 Å². The molecule has 2 aliphatic heterocycles. The predicted molar refractivity (Wildman–Crippen MR) is 74.6 cm³/mol. The third-order valence-electron chi connectivity index (χ3n) is 4.44. The molecule has 2 atom stereocenters. The van der Waals surface area contributed by atoms with E-state index in [1.165, 1.54) is 0 Å². The summed E-state index contributed by atoms with van der Waals surface area (Å²) in [6.45, 7) is 2.46. The van der Waals surface area contributed by atoms with Crippen LogP contribution in [0.5, 0.6) is 0 Å². The maximum Gasteiger partial charge on any atom is 0.262 e. The van der Waals surface area contributed by atoms with Crippen LogP contribution in [-0.4, -0.2) is 35.3 Å². The first-order valence-corrected chi connectivity index (χ1v) is 6.87. The first-order chi connectivity index (χ1) is 10.0. The second-order valence-electron chi connectivity index (χ2n) is 5.69. The number of rotatable bonds is 1. The number of benzene rings is 1. The van der Waals surface area contributed by atoms with Crippen molar-refractivity contribution in [3.05, 3.63) is 35.9 Å². The lowest BCUT2D eigenvalue weighted by atomic mass is 9.84. The number of nitriles is 1. The van der Waals surface area contributed by atoms with Gasteiger partial charge in [0.1, 0.15) is 11.1 Å². The number of carbonyl (C=O) groups is 2. The highest BCUT2D eigenvalue weighted by Gasteiger charge is 2.54. The Kier molecular flexibility index (Phi) is 2.96. The molecule has 2 aliphatic rings. The zero-order valence-corrected chi connectivity index (χ0v) is 11.7. The standard InChI is InChI=1S/C15H16N4O2/c1-14(11-5-3-2-4-6-11)12(20)18-15(9-17-14)7-8-19(10-16)13(15)21/h2-6,17H,7-9H2,1H3,(H,18,20). The topological polar surface area (TPSA) is 85.2 Å². The summed E-state index contributed by atoms with van der Waals surface area (Å²) < 4.78 is 0. The molecule has 0 saturated carbocycles. The smallest absolute Gasteiger partial charge is 0.262 e. The van der Waals surface area contributed by atoms with Gasteiger partial charge in [0.25, 0.3) is 5.91 Å². The van der Waals surface area contributed by atoms with Crippen LogP contribution in [0, 0.1) is 11.5 Å². The molecule has 2 saturated heterocycles. The molecule has 6 heteroatoms. The van der Waals surface area contributed by atoms with Crippen LogP contribution < -0.4 is 10.6 Å². The van der Waals surface area contributed by atoms with Crippen LogP contribution in [-0.2, 0) is 15.1 Å². The van der Waals surface area contributed by atoms with Gasteiger partial charge >= 0.3 is 0 Å². The Morgan fingerprint density at radius 2 is 2.00 bits per heavy atom. The van der Waals surface area contributed by atoms with Gasteiger partial charge in [-0.2, -0.15) is 5.26 Å². The van der Waals surface area contributed by atoms with Crippen molar-refractivity contribution in [2.24, 2.45) is 0 Å². The lowest BCUT2D eigenvalue weighted by molar-refractivity contribution is -0.141. The fraction of sp³-hybridized carbons (Fsp3) is 0.400. The Morgan fingerprint density at radius 1 is 1.29 bits per heavy atom. The van der Waals surface area contributed by atoms with E-state index in [4.69, 9.17) is 5.26 Å². The summed E-state index contributed by atoms with van der Waals surface area (Å²) in [5.74, 6) is -0.575. The summed E-state index contributed by atoms with van der Waals surface area (Å²) in [6, 6.07) is 9.39. The molecule has 1 aromatic rings. The molecule has 2 N–H and O–H groups in total. The largest absolute Gasteiger partial charge is 0.339 e. The molecule has 0 bridgehead atoms. The van der Waals surface area contributed by atoms with Crippen LogP contribution in [0.1, 0.15) is 18.9 Å². The SMILES string of the molecule is CC1(c2ccccc2)NCC2(CCN(C#N)C2=O)NC1=O. The Morgan fingerprint density at radius 3 is 2.57 bits per heavy atom. The summed E-state index contributed by atoms with van der Waals surface area (Å²) in [5, 5.41) is 15.0. The fourth-order valence-electron chi connectivity index (χ4n) is 2.94. The normalized spacial score (nSPS) is 32.1. The molecular formula is C15H16N4O2. The van der Waals surface area contributed by atoms with Crippen molar-refractivity contribution in [2.45, 2.75) is 24.4 Å². The van der Waals surface area contributed by atoms with Crippen LogP contribution in [0.25, 0.3) is 0 Å². The van der Waals surface area contributed by atoms with E-state index < -0.39 is 11.1 Å². The lowest BCUT2D eigenvalue weighted by Gasteiger charge is -2.42. The number of hydrogen-bond acceptors (Lipinski definition) is 4. The van der Waals surface area contributed by atoms with Crippen molar-refractivity contribution in [2.75, 3.05) is 13.1 Å². The molecule has 1 spiro atoms. The van der Waals surface area contributed by atoms with Gasteiger partial charge in [-0.25, -0.2) is 4.90 Å². The molecule has 21 heavy (non-hydrogen) atoms. The van der Waals surface area contributed by atoms with Crippen molar-refractivity contribution in [3.8, 4) is 6.19 Å². The monoisotopic (exact) mass is 284 g/mol. The predicted octanol–water partition coefficient (Wildman–Crippen LogP) is 0.0734. The first-order valence-electron chi connectivity index (χ1n) is 6.87. The number of carbonyl (C=O) groups excluding carboxylic acids is 2. The second kappa shape index (κ2) is 4.57. The molecule has 0 aromatic heterocycles. The maximum atomic E-state index is 12.6. The molecule has 0 radical (unpaired) electrons. The number of likely N-dealkylation sites (tertiary alicyclic amines) is 1. The number of amides is 2. The van der Waals surface area contributed by atoms with Gasteiger partial charge in [-0.05, 0) is 18.9 Å². The van der Waals surface area contributed by atoms with Crippen LogP contribution in [0.4, 0.5) is 0 Å². The van der Waals surface area contributed by atoms with Gasteiger partial charge < -0.3 is 5.32 Å². The molecule has 108 valence electrons. The van der Waals surface area contributed by atoms with Crippen LogP contribution >= 0.6 is 0 Å². The van der Waals surface area contributed by atoms with Crippen LogP contribution in [0.15, 0.2) is 30.3 Å². The Balaban J connectivity index is 1.88. The van der Waals surface area contributed by atoms with E-state index in [0.29, 0.717) is 19.5 Å². The molecule has 6 nitrogen and oxygen atoms in total. The average Bonchev–Trinajstić information content (AvgIpc) is 2.81. The summed E-state index contributed by atoms with van der Waals surface area (Å²) in [7, 11) is 0.